The molecular formula is C17H17ClN4O2. The fourth-order valence-corrected chi connectivity index (χ4v) is 3.52. The standard InChI is InChI=1S/C17H17ClN4O2/c18-13-9-19-11-21-15(13)22-7-5-17(6-8-22)10-20-16(23)12-3-1-2-4-14(12)24-17/h1-4,9,11H,5-8,10H2,(H,20,23). The van der Waals surface area contributed by atoms with Crippen LogP contribution in [0.3, 0.4) is 0 Å². The summed E-state index contributed by atoms with van der Waals surface area (Å²) < 4.78 is 6.29. The first-order chi connectivity index (χ1) is 11.7. The Morgan fingerprint density at radius 3 is 2.83 bits per heavy atom. The molecule has 2 aliphatic heterocycles. The van der Waals surface area contributed by atoms with Crippen molar-refractivity contribution in [1.29, 1.82) is 0 Å². The lowest BCUT2D eigenvalue weighted by Gasteiger charge is -2.41. The third-order valence-electron chi connectivity index (χ3n) is 4.65. The topological polar surface area (TPSA) is 67.4 Å². The summed E-state index contributed by atoms with van der Waals surface area (Å²) in [6.45, 7) is 2.02. The monoisotopic (exact) mass is 344 g/mol. The SMILES string of the molecule is O=C1NCC2(CCN(c3ncncc3Cl)CC2)Oc2ccccc21. The molecule has 7 heteroatoms. The number of rotatable bonds is 1. The quantitative estimate of drug-likeness (QED) is 0.859. The molecule has 3 heterocycles. The van der Waals surface area contributed by atoms with Crippen LogP contribution in [0.4, 0.5) is 5.82 Å². The van der Waals surface area contributed by atoms with Gasteiger partial charge in [0.1, 0.15) is 22.7 Å². The first-order valence-electron chi connectivity index (χ1n) is 7.94. The minimum Gasteiger partial charge on any atom is -0.484 e. The van der Waals surface area contributed by atoms with Gasteiger partial charge in [-0.1, -0.05) is 23.7 Å². The lowest BCUT2D eigenvalue weighted by Crippen LogP contribution is -2.53. The molecule has 1 spiro atoms. The van der Waals surface area contributed by atoms with E-state index in [1.54, 1.807) is 12.3 Å². The van der Waals surface area contributed by atoms with Crippen LogP contribution < -0.4 is 15.0 Å². The third kappa shape index (κ3) is 2.67. The largest absolute Gasteiger partial charge is 0.484 e. The van der Waals surface area contributed by atoms with E-state index in [-0.39, 0.29) is 5.91 Å². The van der Waals surface area contributed by atoms with Gasteiger partial charge in [-0.3, -0.25) is 4.79 Å². The number of para-hydroxylation sites is 1. The van der Waals surface area contributed by atoms with Gasteiger partial charge in [0, 0.05) is 25.9 Å². The number of ether oxygens (including phenoxy) is 1. The normalized spacial score (nSPS) is 19.2. The smallest absolute Gasteiger partial charge is 0.255 e. The number of anilines is 1. The highest BCUT2D eigenvalue weighted by Gasteiger charge is 2.40. The zero-order valence-electron chi connectivity index (χ0n) is 13.0. The summed E-state index contributed by atoms with van der Waals surface area (Å²) in [6.07, 6.45) is 4.67. The Labute approximate surface area is 144 Å². The van der Waals surface area contributed by atoms with Crippen LogP contribution in [0.25, 0.3) is 0 Å². The maximum Gasteiger partial charge on any atom is 0.255 e. The molecule has 1 N–H and O–H groups in total. The number of benzene rings is 1. The Hall–Kier alpha value is -2.34. The van der Waals surface area contributed by atoms with Crippen LogP contribution in [0.5, 0.6) is 5.75 Å². The average Bonchev–Trinajstić information content (AvgIpc) is 2.74. The highest BCUT2D eigenvalue weighted by atomic mass is 35.5. The molecule has 0 aliphatic carbocycles. The molecule has 2 aliphatic rings. The van der Waals surface area contributed by atoms with Crippen molar-refractivity contribution in [3.8, 4) is 5.75 Å². The van der Waals surface area contributed by atoms with Crippen LogP contribution in [0.1, 0.15) is 23.2 Å². The van der Waals surface area contributed by atoms with Gasteiger partial charge >= 0.3 is 0 Å². The molecule has 4 rings (SSSR count). The molecule has 1 saturated heterocycles. The number of hydrogen-bond acceptors (Lipinski definition) is 5. The van der Waals surface area contributed by atoms with Crippen LogP contribution in [0.15, 0.2) is 36.8 Å². The second-order valence-corrected chi connectivity index (χ2v) is 6.55. The van der Waals surface area contributed by atoms with E-state index in [9.17, 15) is 4.79 Å². The Bertz CT molecular complexity index is 775. The van der Waals surface area contributed by atoms with E-state index in [0.717, 1.165) is 31.7 Å². The summed E-state index contributed by atoms with van der Waals surface area (Å²) in [7, 11) is 0. The molecule has 24 heavy (non-hydrogen) atoms. The molecule has 1 aromatic carbocycles. The molecule has 0 atom stereocenters. The van der Waals surface area contributed by atoms with Crippen molar-refractivity contribution in [2.45, 2.75) is 18.4 Å². The first kappa shape index (κ1) is 15.2. The van der Waals surface area contributed by atoms with Crippen molar-refractivity contribution in [2.75, 3.05) is 24.5 Å². The van der Waals surface area contributed by atoms with Gasteiger partial charge in [0.25, 0.3) is 5.91 Å². The van der Waals surface area contributed by atoms with Crippen LogP contribution in [0, 0.1) is 0 Å². The minimum absolute atomic E-state index is 0.0799. The molecule has 1 amide bonds. The Balaban J connectivity index is 1.55. The van der Waals surface area contributed by atoms with Crippen molar-refractivity contribution in [1.82, 2.24) is 15.3 Å². The van der Waals surface area contributed by atoms with Crippen LogP contribution >= 0.6 is 11.6 Å². The van der Waals surface area contributed by atoms with Gasteiger partial charge in [0.2, 0.25) is 0 Å². The van der Waals surface area contributed by atoms with E-state index in [1.165, 1.54) is 6.33 Å². The maximum atomic E-state index is 12.2. The highest BCUT2D eigenvalue weighted by Crippen LogP contribution is 2.34. The summed E-state index contributed by atoms with van der Waals surface area (Å²) in [5, 5.41) is 3.54. The second kappa shape index (κ2) is 5.94. The van der Waals surface area contributed by atoms with Gasteiger partial charge in [-0.05, 0) is 12.1 Å². The summed E-state index contributed by atoms with van der Waals surface area (Å²) in [5.41, 5.74) is 0.203. The minimum atomic E-state index is -0.391. The van der Waals surface area contributed by atoms with Gasteiger partial charge < -0.3 is 15.0 Å². The number of carbonyl (C=O) groups is 1. The molecule has 0 bridgehead atoms. The number of piperidine rings is 1. The number of carbonyl (C=O) groups excluding carboxylic acids is 1. The van der Waals surface area contributed by atoms with Crippen LogP contribution in [-0.4, -0.2) is 41.1 Å². The molecule has 0 unspecified atom stereocenters. The highest BCUT2D eigenvalue weighted by molar-refractivity contribution is 6.32. The Morgan fingerprint density at radius 2 is 2.04 bits per heavy atom. The van der Waals surface area contributed by atoms with Crippen molar-refractivity contribution >= 4 is 23.3 Å². The number of amides is 1. The fraction of sp³-hybridized carbons (Fsp3) is 0.353. The maximum absolute atomic E-state index is 12.2. The Morgan fingerprint density at radius 1 is 1.25 bits per heavy atom. The second-order valence-electron chi connectivity index (χ2n) is 6.15. The molecule has 1 aromatic heterocycles. The average molecular weight is 345 g/mol. The van der Waals surface area contributed by atoms with E-state index in [4.69, 9.17) is 16.3 Å². The van der Waals surface area contributed by atoms with Crippen molar-refractivity contribution in [3.05, 3.63) is 47.4 Å². The number of hydrogen-bond donors (Lipinski definition) is 1. The fourth-order valence-electron chi connectivity index (χ4n) is 3.29. The lowest BCUT2D eigenvalue weighted by molar-refractivity contribution is 0.0472. The summed E-state index contributed by atoms with van der Waals surface area (Å²) >= 11 is 6.19. The molecular weight excluding hydrogens is 328 g/mol. The van der Waals surface area contributed by atoms with Crippen LogP contribution in [-0.2, 0) is 0 Å². The molecule has 2 aromatic rings. The predicted molar refractivity (Wildman–Crippen MR) is 90.6 cm³/mol. The van der Waals surface area contributed by atoms with Gasteiger partial charge in [-0.15, -0.1) is 0 Å². The molecule has 6 nitrogen and oxygen atoms in total. The number of fused-ring (bicyclic) bond motifs is 1. The van der Waals surface area contributed by atoms with E-state index < -0.39 is 5.60 Å². The number of nitrogens with one attached hydrogen (secondary N) is 1. The van der Waals surface area contributed by atoms with Gasteiger partial charge in [0.05, 0.1) is 18.3 Å². The van der Waals surface area contributed by atoms with Crippen LogP contribution in [0.2, 0.25) is 5.02 Å². The number of halogens is 1. The van der Waals surface area contributed by atoms with Gasteiger partial charge in [-0.25, -0.2) is 9.97 Å². The summed E-state index contributed by atoms with van der Waals surface area (Å²) in [4.78, 5) is 22.6. The van der Waals surface area contributed by atoms with E-state index in [0.29, 0.717) is 22.9 Å². The molecule has 0 radical (unpaired) electrons. The van der Waals surface area contributed by atoms with Crippen molar-refractivity contribution < 1.29 is 9.53 Å². The molecule has 0 saturated carbocycles. The molecule has 1 fully saturated rings. The third-order valence-corrected chi connectivity index (χ3v) is 4.92. The number of aromatic nitrogens is 2. The van der Waals surface area contributed by atoms with Gasteiger partial charge in [0.15, 0.2) is 5.82 Å². The van der Waals surface area contributed by atoms with Gasteiger partial charge in [-0.2, -0.15) is 0 Å². The first-order valence-corrected chi connectivity index (χ1v) is 8.31. The number of nitrogens with zero attached hydrogens (tertiary/aromatic N) is 3. The Kier molecular flexibility index (Phi) is 3.76. The zero-order chi connectivity index (χ0) is 16.6. The van der Waals surface area contributed by atoms with Crippen molar-refractivity contribution in [3.63, 3.8) is 0 Å². The molecule has 124 valence electrons. The van der Waals surface area contributed by atoms with Crippen molar-refractivity contribution in [2.24, 2.45) is 0 Å². The summed E-state index contributed by atoms with van der Waals surface area (Å²) in [5.74, 6) is 1.32. The van der Waals surface area contributed by atoms with E-state index in [1.807, 2.05) is 18.2 Å². The predicted octanol–water partition coefficient (Wildman–Crippen LogP) is 2.29. The van der Waals surface area contributed by atoms with E-state index >= 15 is 0 Å². The summed E-state index contributed by atoms with van der Waals surface area (Å²) in [6, 6.07) is 7.38. The lowest BCUT2D eigenvalue weighted by atomic mass is 9.91. The van der Waals surface area contributed by atoms with E-state index in [2.05, 4.69) is 20.2 Å². The zero-order valence-corrected chi connectivity index (χ0v) is 13.8.